The molecule has 0 saturated heterocycles. The van der Waals surface area contributed by atoms with E-state index in [1.807, 2.05) is 6.07 Å². The molecule has 0 spiro atoms. The van der Waals surface area contributed by atoms with Crippen LogP contribution in [0.4, 0.5) is 4.79 Å². The predicted octanol–water partition coefficient (Wildman–Crippen LogP) is 2.22. The van der Waals surface area contributed by atoms with Crippen LogP contribution in [0.2, 0.25) is 0 Å². The van der Waals surface area contributed by atoms with Crippen molar-refractivity contribution in [3.05, 3.63) is 29.6 Å². The zero-order valence-electron chi connectivity index (χ0n) is 11.9. The minimum absolute atomic E-state index is 0.306. The van der Waals surface area contributed by atoms with E-state index < -0.39 is 11.7 Å². The highest BCUT2D eigenvalue weighted by atomic mass is 16.6. The quantitative estimate of drug-likeness (QED) is 0.661. The van der Waals surface area contributed by atoms with Crippen LogP contribution in [-0.2, 0) is 4.74 Å². The Bertz CT molecular complexity index is 571. The van der Waals surface area contributed by atoms with E-state index in [4.69, 9.17) is 10.00 Å². The topological polar surface area (TPSA) is 75.0 Å². The summed E-state index contributed by atoms with van der Waals surface area (Å²) < 4.78 is 5.09. The lowest BCUT2D eigenvalue weighted by atomic mass is 10.2. The van der Waals surface area contributed by atoms with Crippen molar-refractivity contribution in [1.82, 2.24) is 10.3 Å². The molecule has 0 saturated carbocycles. The van der Waals surface area contributed by atoms with Crippen molar-refractivity contribution in [1.29, 1.82) is 5.26 Å². The van der Waals surface area contributed by atoms with Crippen molar-refractivity contribution in [3.8, 4) is 17.9 Å². The number of carbonyl (C=O) groups excluding carboxylic acids is 1. The van der Waals surface area contributed by atoms with Crippen LogP contribution < -0.4 is 5.32 Å². The van der Waals surface area contributed by atoms with Gasteiger partial charge in [0.15, 0.2) is 5.69 Å². The summed E-state index contributed by atoms with van der Waals surface area (Å²) in [7, 11) is 0. The van der Waals surface area contributed by atoms with Gasteiger partial charge in [-0.15, -0.1) is 0 Å². The summed E-state index contributed by atoms with van der Waals surface area (Å²) in [5.74, 6) is 5.74. The number of amides is 1. The van der Waals surface area contributed by atoms with Gasteiger partial charge in [0.25, 0.3) is 0 Å². The molecule has 0 aliphatic carbocycles. The summed E-state index contributed by atoms with van der Waals surface area (Å²) in [6, 6.07) is 5.44. The third-order valence-corrected chi connectivity index (χ3v) is 2.05. The predicted molar refractivity (Wildman–Crippen MR) is 74.7 cm³/mol. The van der Waals surface area contributed by atoms with Crippen LogP contribution in [0.5, 0.6) is 0 Å². The lowest BCUT2D eigenvalue weighted by Crippen LogP contribution is -2.32. The largest absolute Gasteiger partial charge is 0.444 e. The van der Waals surface area contributed by atoms with Gasteiger partial charge in [-0.05, 0) is 32.9 Å². The Morgan fingerprint density at radius 1 is 1.50 bits per heavy atom. The van der Waals surface area contributed by atoms with Crippen LogP contribution in [0.25, 0.3) is 0 Å². The Morgan fingerprint density at radius 2 is 2.25 bits per heavy atom. The van der Waals surface area contributed by atoms with Gasteiger partial charge in [-0.3, -0.25) is 0 Å². The second-order valence-corrected chi connectivity index (χ2v) is 4.99. The molecule has 5 nitrogen and oxygen atoms in total. The van der Waals surface area contributed by atoms with Crippen molar-refractivity contribution >= 4 is 6.09 Å². The van der Waals surface area contributed by atoms with Crippen LogP contribution in [0.1, 0.15) is 38.4 Å². The average molecular weight is 271 g/mol. The minimum Gasteiger partial charge on any atom is -0.444 e. The molecule has 0 unspecified atom stereocenters. The summed E-state index contributed by atoms with van der Waals surface area (Å²) in [5, 5.41) is 11.5. The summed E-state index contributed by atoms with van der Waals surface area (Å²) in [6.07, 6.45) is 1.56. The molecule has 0 fully saturated rings. The smallest absolute Gasteiger partial charge is 0.407 e. The van der Waals surface area contributed by atoms with Crippen LogP contribution in [0.15, 0.2) is 18.3 Å². The molecule has 20 heavy (non-hydrogen) atoms. The Morgan fingerprint density at radius 3 is 2.90 bits per heavy atom. The fourth-order valence-electron chi connectivity index (χ4n) is 1.29. The number of aromatic nitrogens is 1. The second-order valence-electron chi connectivity index (χ2n) is 4.99. The van der Waals surface area contributed by atoms with Crippen molar-refractivity contribution in [2.75, 3.05) is 6.54 Å². The van der Waals surface area contributed by atoms with Crippen LogP contribution in [0.3, 0.4) is 0 Å². The van der Waals surface area contributed by atoms with E-state index in [1.54, 1.807) is 39.1 Å². The molecular formula is C15H17N3O2. The van der Waals surface area contributed by atoms with Crippen molar-refractivity contribution < 1.29 is 9.53 Å². The molecule has 1 N–H and O–H groups in total. The first-order chi connectivity index (χ1) is 9.42. The Labute approximate surface area is 119 Å². The number of hydrogen-bond acceptors (Lipinski definition) is 4. The Kier molecular flexibility index (Phi) is 5.56. The van der Waals surface area contributed by atoms with Crippen LogP contribution in [-0.4, -0.2) is 23.2 Å². The third-order valence-electron chi connectivity index (χ3n) is 2.05. The molecule has 0 aromatic carbocycles. The highest BCUT2D eigenvalue weighted by molar-refractivity contribution is 5.67. The van der Waals surface area contributed by atoms with E-state index in [-0.39, 0.29) is 0 Å². The number of rotatable bonds is 2. The zero-order chi connectivity index (χ0) is 15.0. The van der Waals surface area contributed by atoms with Crippen LogP contribution >= 0.6 is 0 Å². The monoisotopic (exact) mass is 271 g/mol. The Balaban J connectivity index is 2.41. The molecule has 104 valence electrons. The lowest BCUT2D eigenvalue weighted by Gasteiger charge is -2.19. The fraction of sp³-hybridized carbons (Fsp3) is 0.400. The van der Waals surface area contributed by atoms with Gasteiger partial charge >= 0.3 is 6.09 Å². The molecule has 0 bridgehead atoms. The summed E-state index contributed by atoms with van der Waals surface area (Å²) >= 11 is 0. The maximum Gasteiger partial charge on any atom is 0.407 e. The summed E-state index contributed by atoms with van der Waals surface area (Å²) in [5.41, 5.74) is 0.389. The molecule has 0 radical (unpaired) electrons. The summed E-state index contributed by atoms with van der Waals surface area (Å²) in [6.45, 7) is 5.80. The number of nitrogens with one attached hydrogen (secondary N) is 1. The molecule has 5 heteroatoms. The SMILES string of the molecule is CC(C)(C)OC(=O)NCCC#Cc1cccnc1C#N. The molecular weight excluding hydrogens is 254 g/mol. The molecule has 0 aliphatic rings. The van der Waals surface area contributed by atoms with Crippen molar-refractivity contribution in [3.63, 3.8) is 0 Å². The van der Waals surface area contributed by atoms with Gasteiger partial charge in [-0.2, -0.15) is 5.26 Å². The van der Waals surface area contributed by atoms with Gasteiger partial charge in [-0.25, -0.2) is 9.78 Å². The molecule has 1 amide bonds. The van der Waals surface area contributed by atoms with E-state index in [9.17, 15) is 4.79 Å². The number of pyridine rings is 1. The van der Waals surface area contributed by atoms with E-state index >= 15 is 0 Å². The number of nitrogens with zero attached hydrogens (tertiary/aromatic N) is 2. The van der Waals surface area contributed by atoms with Gasteiger partial charge < -0.3 is 10.1 Å². The number of ether oxygens (including phenoxy) is 1. The summed E-state index contributed by atoms with van der Waals surface area (Å²) in [4.78, 5) is 15.3. The molecule has 1 rings (SSSR count). The standard InChI is InChI=1S/C15H17N3O2/c1-15(2,3)20-14(19)18-9-5-4-7-12-8-6-10-17-13(12)11-16/h6,8,10H,5,9H2,1-3H3,(H,18,19). The van der Waals surface area contributed by atoms with E-state index in [2.05, 4.69) is 22.1 Å². The third kappa shape index (κ3) is 5.88. The first-order valence-electron chi connectivity index (χ1n) is 6.23. The molecule has 1 heterocycles. The van der Waals surface area contributed by atoms with Gasteiger partial charge in [-0.1, -0.05) is 11.8 Å². The van der Waals surface area contributed by atoms with Gasteiger partial charge in [0.05, 0.1) is 5.56 Å². The van der Waals surface area contributed by atoms with Gasteiger partial charge in [0.1, 0.15) is 11.7 Å². The van der Waals surface area contributed by atoms with Gasteiger partial charge in [0, 0.05) is 19.2 Å². The molecule has 1 aromatic heterocycles. The first kappa shape index (κ1) is 15.5. The maximum atomic E-state index is 11.4. The van der Waals surface area contributed by atoms with E-state index in [0.29, 0.717) is 24.2 Å². The van der Waals surface area contributed by atoms with E-state index in [1.165, 1.54) is 0 Å². The first-order valence-corrected chi connectivity index (χ1v) is 6.23. The molecule has 0 atom stereocenters. The zero-order valence-corrected chi connectivity index (χ0v) is 11.9. The lowest BCUT2D eigenvalue weighted by molar-refractivity contribution is 0.0529. The van der Waals surface area contributed by atoms with E-state index in [0.717, 1.165) is 0 Å². The number of alkyl carbamates (subject to hydrolysis) is 1. The fourth-order valence-corrected chi connectivity index (χ4v) is 1.29. The number of carbonyl (C=O) groups is 1. The van der Waals surface area contributed by atoms with Crippen molar-refractivity contribution in [2.45, 2.75) is 32.8 Å². The molecule has 1 aromatic rings. The van der Waals surface area contributed by atoms with Crippen LogP contribution in [0, 0.1) is 23.2 Å². The highest BCUT2D eigenvalue weighted by Crippen LogP contribution is 2.06. The minimum atomic E-state index is -0.507. The Hall–Kier alpha value is -2.53. The van der Waals surface area contributed by atoms with Crippen molar-refractivity contribution in [2.24, 2.45) is 0 Å². The second kappa shape index (κ2) is 7.16. The number of hydrogen-bond donors (Lipinski definition) is 1. The number of nitriles is 1. The highest BCUT2D eigenvalue weighted by Gasteiger charge is 2.15. The maximum absolute atomic E-state index is 11.4. The normalized spacial score (nSPS) is 9.90. The average Bonchev–Trinajstić information content (AvgIpc) is 2.36. The molecule has 0 aliphatic heterocycles. The van der Waals surface area contributed by atoms with Gasteiger partial charge in [0.2, 0.25) is 0 Å².